The highest BCUT2D eigenvalue weighted by Crippen LogP contribution is 2.19. The number of carbonyl (C=O) groups is 1. The first-order valence-electron chi connectivity index (χ1n) is 9.30. The molecule has 0 radical (unpaired) electrons. The minimum absolute atomic E-state index is 0.161. The topological polar surface area (TPSA) is 73.2 Å². The van der Waals surface area contributed by atoms with E-state index >= 15 is 0 Å². The average molecular weight is 412 g/mol. The Kier molecular flexibility index (Phi) is 6.34. The predicted octanol–water partition coefficient (Wildman–Crippen LogP) is 4.16. The van der Waals surface area contributed by atoms with Gasteiger partial charge in [-0.3, -0.25) is 9.59 Å². The van der Waals surface area contributed by atoms with Crippen LogP contribution in [0.1, 0.15) is 25.0 Å². The number of amides is 1. The van der Waals surface area contributed by atoms with Gasteiger partial charge < -0.3 is 10.1 Å². The first-order valence-corrected chi connectivity index (χ1v) is 9.68. The Balaban J connectivity index is 1.78. The van der Waals surface area contributed by atoms with Gasteiger partial charge >= 0.3 is 0 Å². The van der Waals surface area contributed by atoms with Gasteiger partial charge in [0.05, 0.1) is 5.69 Å². The van der Waals surface area contributed by atoms with Crippen molar-refractivity contribution in [1.82, 2.24) is 9.78 Å². The van der Waals surface area contributed by atoms with Crippen molar-refractivity contribution in [3.05, 3.63) is 81.1 Å². The van der Waals surface area contributed by atoms with E-state index in [-0.39, 0.29) is 17.3 Å². The summed E-state index contributed by atoms with van der Waals surface area (Å²) in [4.78, 5) is 24.8. The van der Waals surface area contributed by atoms with Crippen molar-refractivity contribution in [1.29, 1.82) is 0 Å². The molecule has 2 aromatic carbocycles. The van der Waals surface area contributed by atoms with Crippen molar-refractivity contribution in [2.75, 3.05) is 5.32 Å². The van der Waals surface area contributed by atoms with Gasteiger partial charge in [0.1, 0.15) is 0 Å². The average Bonchev–Trinajstić information content (AvgIpc) is 2.71. The normalized spacial score (nSPS) is 11.7. The van der Waals surface area contributed by atoms with Gasteiger partial charge in [-0.2, -0.15) is 4.68 Å². The molecule has 1 amide bonds. The second kappa shape index (κ2) is 8.92. The van der Waals surface area contributed by atoms with Gasteiger partial charge in [0.25, 0.3) is 11.5 Å². The molecule has 7 heteroatoms. The molecular formula is C22H22ClN3O3. The highest BCUT2D eigenvalue weighted by molar-refractivity contribution is 6.30. The lowest BCUT2D eigenvalue weighted by Gasteiger charge is -2.15. The van der Waals surface area contributed by atoms with Crippen LogP contribution in [-0.2, 0) is 11.2 Å². The Morgan fingerprint density at radius 3 is 2.76 bits per heavy atom. The summed E-state index contributed by atoms with van der Waals surface area (Å²) < 4.78 is 6.89. The maximum atomic E-state index is 12.5. The standard InChI is InChI=1S/C22H22ClN3O3/c1-4-16-6-5-7-18(12-16)24-22(28)15(3)29-20-10-11-21(27)26(25-20)19-13-17(23)9-8-14(19)2/h5-13,15H,4H2,1-3H3,(H,24,28)/t15-/m1/s1. The second-order valence-electron chi connectivity index (χ2n) is 6.66. The Bertz CT molecular complexity index is 1090. The molecule has 29 heavy (non-hydrogen) atoms. The molecule has 6 nitrogen and oxygen atoms in total. The van der Waals surface area contributed by atoms with E-state index in [1.165, 1.54) is 16.8 Å². The number of hydrogen-bond acceptors (Lipinski definition) is 4. The molecule has 0 unspecified atom stereocenters. The van der Waals surface area contributed by atoms with Gasteiger partial charge in [-0.15, -0.1) is 5.10 Å². The molecule has 0 aliphatic carbocycles. The van der Waals surface area contributed by atoms with Gasteiger partial charge in [0.2, 0.25) is 5.88 Å². The fourth-order valence-corrected chi connectivity index (χ4v) is 2.95. The van der Waals surface area contributed by atoms with Crippen molar-refractivity contribution in [3.63, 3.8) is 0 Å². The third-order valence-corrected chi connectivity index (χ3v) is 4.68. The summed E-state index contributed by atoms with van der Waals surface area (Å²) in [5, 5.41) is 7.57. The molecule has 3 rings (SSSR count). The highest BCUT2D eigenvalue weighted by atomic mass is 35.5. The summed E-state index contributed by atoms with van der Waals surface area (Å²) >= 11 is 6.06. The number of benzene rings is 2. The number of nitrogens with zero attached hydrogens (tertiary/aromatic N) is 2. The monoisotopic (exact) mass is 411 g/mol. The zero-order chi connectivity index (χ0) is 21.0. The molecule has 0 aliphatic rings. The molecular weight excluding hydrogens is 390 g/mol. The predicted molar refractivity (Wildman–Crippen MR) is 114 cm³/mol. The van der Waals surface area contributed by atoms with Crippen LogP contribution in [0, 0.1) is 6.92 Å². The minimum Gasteiger partial charge on any atom is -0.463 e. The van der Waals surface area contributed by atoms with Crippen molar-refractivity contribution in [2.24, 2.45) is 0 Å². The quantitative estimate of drug-likeness (QED) is 0.660. The van der Waals surface area contributed by atoms with E-state index in [2.05, 4.69) is 17.3 Å². The third-order valence-electron chi connectivity index (χ3n) is 4.44. The first kappa shape index (κ1) is 20.6. The number of aromatic nitrogens is 2. The van der Waals surface area contributed by atoms with E-state index in [9.17, 15) is 9.59 Å². The van der Waals surface area contributed by atoms with E-state index in [0.29, 0.717) is 16.4 Å². The fraction of sp³-hybridized carbons (Fsp3) is 0.227. The SMILES string of the molecule is CCc1cccc(NC(=O)[C@@H](C)Oc2ccc(=O)n(-c3cc(Cl)ccc3C)n2)c1. The number of nitrogens with one attached hydrogen (secondary N) is 1. The van der Waals surface area contributed by atoms with Crippen LogP contribution in [0.3, 0.4) is 0 Å². The summed E-state index contributed by atoms with van der Waals surface area (Å²) in [7, 11) is 0. The molecule has 1 atom stereocenters. The van der Waals surface area contributed by atoms with Gasteiger partial charge in [0.15, 0.2) is 6.10 Å². The number of rotatable bonds is 6. The van der Waals surface area contributed by atoms with E-state index < -0.39 is 6.10 Å². The van der Waals surface area contributed by atoms with E-state index in [4.69, 9.17) is 16.3 Å². The number of halogens is 1. The van der Waals surface area contributed by atoms with Crippen LogP contribution < -0.4 is 15.6 Å². The van der Waals surface area contributed by atoms with Crippen LogP contribution >= 0.6 is 11.6 Å². The summed E-state index contributed by atoms with van der Waals surface area (Å²) in [5.41, 5.74) is 2.90. The van der Waals surface area contributed by atoms with Gasteiger partial charge in [0, 0.05) is 22.8 Å². The maximum Gasteiger partial charge on any atom is 0.271 e. The van der Waals surface area contributed by atoms with Crippen molar-refractivity contribution >= 4 is 23.2 Å². The lowest BCUT2D eigenvalue weighted by atomic mass is 10.1. The van der Waals surface area contributed by atoms with Crippen molar-refractivity contribution < 1.29 is 9.53 Å². The third kappa shape index (κ3) is 5.03. The molecule has 0 saturated heterocycles. The molecule has 150 valence electrons. The molecule has 3 aromatic rings. The highest BCUT2D eigenvalue weighted by Gasteiger charge is 2.17. The number of ether oxygens (including phenoxy) is 1. The molecule has 0 saturated carbocycles. The Labute approximate surface area is 174 Å². The number of carbonyl (C=O) groups excluding carboxylic acids is 1. The van der Waals surface area contributed by atoms with Gasteiger partial charge in [-0.25, -0.2) is 0 Å². The van der Waals surface area contributed by atoms with Crippen molar-refractivity contribution in [3.8, 4) is 11.6 Å². The largest absolute Gasteiger partial charge is 0.463 e. The molecule has 0 bridgehead atoms. The molecule has 1 N–H and O–H groups in total. The summed E-state index contributed by atoms with van der Waals surface area (Å²) in [6, 6.07) is 15.6. The van der Waals surface area contributed by atoms with Crippen molar-refractivity contribution in [2.45, 2.75) is 33.3 Å². The lowest BCUT2D eigenvalue weighted by molar-refractivity contribution is -0.122. The number of hydrogen-bond donors (Lipinski definition) is 1. The smallest absolute Gasteiger partial charge is 0.271 e. The summed E-state index contributed by atoms with van der Waals surface area (Å²) in [6.07, 6.45) is 0.0728. The number of anilines is 1. The summed E-state index contributed by atoms with van der Waals surface area (Å²) in [5.74, 6) is -0.148. The number of aryl methyl sites for hydroxylation is 2. The Hall–Kier alpha value is -3.12. The zero-order valence-corrected chi connectivity index (χ0v) is 17.2. The Morgan fingerprint density at radius 1 is 1.21 bits per heavy atom. The molecule has 0 spiro atoms. The molecule has 0 aliphatic heterocycles. The lowest BCUT2D eigenvalue weighted by Crippen LogP contribution is -2.31. The van der Waals surface area contributed by atoms with E-state index in [1.54, 1.807) is 25.1 Å². The molecule has 1 heterocycles. The van der Waals surface area contributed by atoms with E-state index in [0.717, 1.165) is 17.5 Å². The fourth-order valence-electron chi connectivity index (χ4n) is 2.79. The maximum absolute atomic E-state index is 12.5. The van der Waals surface area contributed by atoms with Crippen LogP contribution in [0.25, 0.3) is 5.69 Å². The first-order chi connectivity index (χ1) is 13.9. The molecule has 0 fully saturated rings. The van der Waals surface area contributed by atoms with Gasteiger partial charge in [-0.05, 0) is 55.7 Å². The van der Waals surface area contributed by atoms with Crippen LogP contribution in [0.4, 0.5) is 5.69 Å². The summed E-state index contributed by atoms with van der Waals surface area (Å²) in [6.45, 7) is 5.53. The van der Waals surface area contributed by atoms with Gasteiger partial charge in [-0.1, -0.05) is 36.7 Å². The van der Waals surface area contributed by atoms with E-state index in [1.807, 2.05) is 31.2 Å². The molecule has 1 aromatic heterocycles. The van der Waals surface area contributed by atoms with Crippen LogP contribution in [0.5, 0.6) is 5.88 Å². The second-order valence-corrected chi connectivity index (χ2v) is 7.09. The minimum atomic E-state index is -0.806. The Morgan fingerprint density at radius 2 is 2.00 bits per heavy atom. The van der Waals surface area contributed by atoms with Crippen LogP contribution in [0.2, 0.25) is 5.02 Å². The van der Waals surface area contributed by atoms with Crippen LogP contribution in [-0.4, -0.2) is 21.8 Å². The van der Waals surface area contributed by atoms with Crippen LogP contribution in [0.15, 0.2) is 59.4 Å². The zero-order valence-electron chi connectivity index (χ0n) is 16.5.